The monoisotopic (exact) mass is 330 g/mol. The van der Waals surface area contributed by atoms with Crippen LogP contribution in [-0.4, -0.2) is 16.7 Å². The third-order valence-electron chi connectivity index (χ3n) is 6.03. The van der Waals surface area contributed by atoms with Crippen LogP contribution in [0.25, 0.3) is 0 Å². The van der Waals surface area contributed by atoms with Gasteiger partial charge in [-0.3, -0.25) is 0 Å². The van der Waals surface area contributed by atoms with Crippen LogP contribution in [0.15, 0.2) is 34.0 Å². The van der Waals surface area contributed by atoms with E-state index in [0.717, 1.165) is 28.9 Å². The maximum Gasteiger partial charge on any atom is 0.334 e. The van der Waals surface area contributed by atoms with Crippen molar-refractivity contribution < 1.29 is 19.1 Å². The largest absolute Gasteiger partial charge is 0.468 e. The number of furan rings is 1. The van der Waals surface area contributed by atoms with Crippen LogP contribution in [0.2, 0.25) is 0 Å². The quantitative estimate of drug-likeness (QED) is 0.502. The molecule has 3 atom stereocenters. The van der Waals surface area contributed by atoms with Crippen LogP contribution in [0.5, 0.6) is 0 Å². The van der Waals surface area contributed by atoms with Gasteiger partial charge in [-0.05, 0) is 53.0 Å². The molecular weight excluding hydrogens is 304 g/mol. The first-order valence-electron chi connectivity index (χ1n) is 8.55. The van der Waals surface area contributed by atoms with Crippen molar-refractivity contribution in [2.24, 2.45) is 5.41 Å². The van der Waals surface area contributed by atoms with Crippen LogP contribution in [0.1, 0.15) is 63.5 Å². The van der Waals surface area contributed by atoms with Gasteiger partial charge in [0.1, 0.15) is 11.9 Å². The molecule has 0 aliphatic heterocycles. The number of fused-ring (bicyclic) bond motifs is 2. The second-order valence-electron chi connectivity index (χ2n) is 7.43. The van der Waals surface area contributed by atoms with Gasteiger partial charge in [0.05, 0.1) is 17.3 Å². The van der Waals surface area contributed by atoms with Crippen LogP contribution in [0, 0.1) is 12.3 Å². The van der Waals surface area contributed by atoms with Crippen molar-refractivity contribution >= 4 is 5.97 Å². The number of carbonyl (C=O) groups is 1. The number of hydrogen-bond acceptors (Lipinski definition) is 4. The van der Waals surface area contributed by atoms with E-state index in [1.807, 2.05) is 27.7 Å². The summed E-state index contributed by atoms with van der Waals surface area (Å²) in [7, 11) is 0. The molecule has 1 aromatic heterocycles. The van der Waals surface area contributed by atoms with Crippen molar-refractivity contribution in [1.82, 2.24) is 0 Å². The van der Waals surface area contributed by atoms with Gasteiger partial charge in [0.25, 0.3) is 0 Å². The third kappa shape index (κ3) is 2.27. The highest BCUT2D eigenvalue weighted by atomic mass is 16.5. The highest BCUT2D eigenvalue weighted by molar-refractivity contribution is 5.88. The molecule has 3 unspecified atom stereocenters. The Morgan fingerprint density at radius 1 is 1.46 bits per heavy atom. The average molecular weight is 330 g/mol. The summed E-state index contributed by atoms with van der Waals surface area (Å²) in [6.07, 6.45) is 7.20. The van der Waals surface area contributed by atoms with Crippen molar-refractivity contribution in [1.29, 1.82) is 0 Å². The molecule has 3 rings (SSSR count). The maximum absolute atomic E-state index is 12.5. The first-order valence-corrected chi connectivity index (χ1v) is 8.55. The lowest BCUT2D eigenvalue weighted by Gasteiger charge is -2.53. The molecule has 0 fully saturated rings. The number of carbonyl (C=O) groups excluding carboxylic acids is 1. The van der Waals surface area contributed by atoms with Crippen molar-refractivity contribution in [2.75, 3.05) is 0 Å². The van der Waals surface area contributed by atoms with E-state index in [0.29, 0.717) is 18.4 Å². The van der Waals surface area contributed by atoms with Crippen LogP contribution < -0.4 is 0 Å². The molecule has 0 bridgehead atoms. The molecule has 0 amide bonds. The summed E-state index contributed by atoms with van der Waals surface area (Å²) < 4.78 is 11.7. The SMILES string of the molecule is CC=C(C)C(=O)OC1c2c(C)coc2CC2=CCCC(C)(O)C21C. The normalized spacial score (nSPS) is 32.7. The first kappa shape index (κ1) is 17.0. The fraction of sp³-hybridized carbons (Fsp3) is 0.550. The molecular formula is C20H26O4. The minimum absolute atomic E-state index is 0.349. The molecule has 0 saturated heterocycles. The van der Waals surface area contributed by atoms with Gasteiger partial charge in [-0.1, -0.05) is 17.7 Å². The topological polar surface area (TPSA) is 59.7 Å². The van der Waals surface area contributed by atoms with Gasteiger partial charge in [-0.25, -0.2) is 4.79 Å². The maximum atomic E-state index is 12.5. The van der Waals surface area contributed by atoms with E-state index in [4.69, 9.17) is 9.15 Å². The molecule has 0 spiro atoms. The molecule has 1 heterocycles. The Hall–Kier alpha value is -1.81. The number of ether oxygens (including phenoxy) is 1. The van der Waals surface area contributed by atoms with E-state index in [-0.39, 0.29) is 5.97 Å². The van der Waals surface area contributed by atoms with Crippen LogP contribution in [0.4, 0.5) is 0 Å². The summed E-state index contributed by atoms with van der Waals surface area (Å²) >= 11 is 0. The zero-order valence-electron chi connectivity index (χ0n) is 15.1. The summed E-state index contributed by atoms with van der Waals surface area (Å²) in [6, 6.07) is 0. The number of allylic oxidation sites excluding steroid dienone is 2. The standard InChI is InChI=1S/C20H26O4/c1-6-12(2)18(21)24-17-16-13(3)11-23-15(16)10-14-8-7-9-19(4,22)20(14,17)5/h6,8,11,17,22H,7,9-10H2,1-5H3. The van der Waals surface area contributed by atoms with Crippen molar-refractivity contribution in [3.63, 3.8) is 0 Å². The fourth-order valence-corrected chi connectivity index (χ4v) is 4.00. The van der Waals surface area contributed by atoms with Gasteiger partial charge in [0, 0.05) is 17.6 Å². The molecule has 1 N–H and O–H groups in total. The molecule has 130 valence electrons. The molecule has 1 aromatic rings. The van der Waals surface area contributed by atoms with Crippen molar-refractivity contribution in [3.05, 3.63) is 46.4 Å². The average Bonchev–Trinajstić information content (AvgIpc) is 2.89. The highest BCUT2D eigenvalue weighted by Crippen LogP contribution is 2.59. The zero-order valence-corrected chi connectivity index (χ0v) is 15.1. The summed E-state index contributed by atoms with van der Waals surface area (Å²) in [5.41, 5.74) is 1.92. The van der Waals surface area contributed by atoms with Gasteiger partial charge >= 0.3 is 5.97 Å². The predicted molar refractivity (Wildman–Crippen MR) is 91.5 cm³/mol. The van der Waals surface area contributed by atoms with Gasteiger partial charge in [0.15, 0.2) is 0 Å². The number of esters is 1. The molecule has 4 nitrogen and oxygen atoms in total. The Morgan fingerprint density at radius 2 is 2.17 bits per heavy atom. The fourth-order valence-electron chi connectivity index (χ4n) is 4.00. The molecule has 24 heavy (non-hydrogen) atoms. The Balaban J connectivity index is 2.16. The zero-order chi connectivity index (χ0) is 17.7. The number of aliphatic hydroxyl groups is 1. The van der Waals surface area contributed by atoms with E-state index in [9.17, 15) is 9.90 Å². The lowest BCUT2D eigenvalue weighted by Crippen LogP contribution is -2.53. The minimum atomic E-state index is -0.951. The molecule has 0 radical (unpaired) electrons. The third-order valence-corrected chi connectivity index (χ3v) is 6.03. The van der Waals surface area contributed by atoms with Gasteiger partial charge in [-0.2, -0.15) is 0 Å². The van der Waals surface area contributed by atoms with Gasteiger partial charge < -0.3 is 14.3 Å². The van der Waals surface area contributed by atoms with Gasteiger partial charge in [0.2, 0.25) is 0 Å². The summed E-state index contributed by atoms with van der Waals surface area (Å²) in [6.45, 7) is 9.38. The van der Waals surface area contributed by atoms with Crippen LogP contribution >= 0.6 is 0 Å². The summed E-state index contributed by atoms with van der Waals surface area (Å²) in [5.74, 6) is 0.489. The van der Waals surface area contributed by atoms with E-state index >= 15 is 0 Å². The molecule has 2 aliphatic rings. The molecule has 4 heteroatoms. The number of aryl methyl sites for hydroxylation is 1. The summed E-state index contributed by atoms with van der Waals surface area (Å²) in [4.78, 5) is 12.5. The molecule has 2 aliphatic carbocycles. The smallest absolute Gasteiger partial charge is 0.334 e. The number of hydrogen-bond donors (Lipinski definition) is 1. The first-order chi connectivity index (χ1) is 11.2. The Labute approximate surface area is 143 Å². The lowest BCUT2D eigenvalue weighted by molar-refractivity contribution is -0.168. The summed E-state index contributed by atoms with van der Waals surface area (Å²) in [5, 5.41) is 11.2. The Kier molecular flexibility index (Phi) is 3.99. The van der Waals surface area contributed by atoms with Crippen molar-refractivity contribution in [2.45, 2.75) is 65.6 Å². The lowest BCUT2D eigenvalue weighted by atomic mass is 9.56. The highest BCUT2D eigenvalue weighted by Gasteiger charge is 2.58. The predicted octanol–water partition coefficient (Wildman–Crippen LogP) is 4.17. The van der Waals surface area contributed by atoms with Gasteiger partial charge in [-0.15, -0.1) is 0 Å². The van der Waals surface area contributed by atoms with Crippen LogP contribution in [0.3, 0.4) is 0 Å². The molecule has 0 saturated carbocycles. The van der Waals surface area contributed by atoms with Crippen LogP contribution in [-0.2, 0) is 16.0 Å². The Morgan fingerprint density at radius 3 is 2.83 bits per heavy atom. The van der Waals surface area contributed by atoms with E-state index in [1.54, 1.807) is 19.3 Å². The van der Waals surface area contributed by atoms with E-state index in [2.05, 4.69) is 6.08 Å². The Bertz CT molecular complexity index is 735. The van der Waals surface area contributed by atoms with E-state index < -0.39 is 17.1 Å². The van der Waals surface area contributed by atoms with E-state index in [1.165, 1.54) is 0 Å². The second kappa shape index (κ2) is 5.62. The molecule has 0 aromatic carbocycles. The number of rotatable bonds is 2. The minimum Gasteiger partial charge on any atom is -0.468 e. The second-order valence-corrected chi connectivity index (χ2v) is 7.43. The van der Waals surface area contributed by atoms with Crippen molar-refractivity contribution in [3.8, 4) is 0 Å².